The number of halogens is 1. The van der Waals surface area contributed by atoms with Gasteiger partial charge in [0.05, 0.1) is 11.3 Å². The minimum absolute atomic E-state index is 0.0205. The molecular formula is C37H36ClN3O3S. The topological polar surface area (TPSA) is 105 Å². The van der Waals surface area contributed by atoms with Crippen LogP contribution in [0, 0.1) is 0 Å². The van der Waals surface area contributed by atoms with Crippen LogP contribution in [-0.2, 0) is 15.1 Å². The lowest BCUT2D eigenvalue weighted by molar-refractivity contribution is -0.133. The molecule has 4 N–H and O–H groups in total. The number of benzene rings is 4. The molecule has 0 heterocycles. The summed E-state index contributed by atoms with van der Waals surface area (Å²) in [6, 6.07) is 34.6. The third-order valence-electron chi connectivity index (χ3n) is 7.20. The van der Waals surface area contributed by atoms with Crippen molar-refractivity contribution in [2.24, 2.45) is 10.7 Å². The van der Waals surface area contributed by atoms with Gasteiger partial charge in [-0.05, 0) is 83.2 Å². The Kier molecular flexibility index (Phi) is 11.8. The molecule has 1 atom stereocenters. The molecule has 4 rings (SSSR count). The Bertz CT molecular complexity index is 1680. The molecule has 0 amide bonds. The molecule has 4 aromatic rings. The van der Waals surface area contributed by atoms with Crippen molar-refractivity contribution >= 4 is 64.2 Å². The number of thioether (sulfide) groups is 1. The van der Waals surface area contributed by atoms with Crippen molar-refractivity contribution in [3.63, 3.8) is 0 Å². The number of aliphatic carboxylic acids is 1. The van der Waals surface area contributed by atoms with Crippen molar-refractivity contribution in [1.82, 2.24) is 0 Å². The number of carbonyl (C=O) groups excluding carboxylic acids is 1. The molecular weight excluding hydrogens is 602 g/mol. The summed E-state index contributed by atoms with van der Waals surface area (Å²) in [5.41, 5.74) is 12.9. The SMILES string of the molecule is CCCC(C)(Nc1ccc(/C=C(/C=O)N=C(N)SCC(=O)O)cc1)c1ccc(/C=C(\c2ccccc2)c2ccc(Cl)cc2)cc1. The molecule has 4 aromatic carbocycles. The Labute approximate surface area is 273 Å². The summed E-state index contributed by atoms with van der Waals surface area (Å²) in [6.07, 6.45) is 6.31. The van der Waals surface area contributed by atoms with Crippen LogP contribution in [0.5, 0.6) is 0 Å². The number of carbonyl (C=O) groups is 2. The Balaban J connectivity index is 1.55. The number of nitrogens with one attached hydrogen (secondary N) is 1. The van der Waals surface area contributed by atoms with E-state index < -0.39 is 5.97 Å². The van der Waals surface area contributed by atoms with Crippen LogP contribution in [0.15, 0.2) is 114 Å². The van der Waals surface area contributed by atoms with Gasteiger partial charge in [0.25, 0.3) is 0 Å². The Morgan fingerprint density at radius 3 is 2.11 bits per heavy atom. The number of anilines is 1. The summed E-state index contributed by atoms with van der Waals surface area (Å²) in [5.74, 6) is -1.23. The van der Waals surface area contributed by atoms with Gasteiger partial charge in [-0.1, -0.05) is 116 Å². The number of nitrogens with zero attached hydrogens (tertiary/aromatic N) is 1. The van der Waals surface area contributed by atoms with Gasteiger partial charge in [0.15, 0.2) is 11.5 Å². The van der Waals surface area contributed by atoms with Gasteiger partial charge in [-0.15, -0.1) is 0 Å². The number of allylic oxidation sites excluding steroid dienone is 1. The summed E-state index contributed by atoms with van der Waals surface area (Å²) in [5, 5.41) is 13.3. The second-order valence-electron chi connectivity index (χ2n) is 10.7. The van der Waals surface area contributed by atoms with Gasteiger partial charge in [0, 0.05) is 10.7 Å². The monoisotopic (exact) mass is 637 g/mol. The minimum Gasteiger partial charge on any atom is -0.481 e. The first-order chi connectivity index (χ1) is 21.7. The van der Waals surface area contributed by atoms with E-state index in [-0.39, 0.29) is 22.2 Å². The van der Waals surface area contributed by atoms with E-state index in [1.54, 1.807) is 6.08 Å². The van der Waals surface area contributed by atoms with Crippen molar-refractivity contribution in [2.45, 2.75) is 32.2 Å². The van der Waals surface area contributed by atoms with Crippen LogP contribution in [0.1, 0.15) is 54.5 Å². The Morgan fingerprint density at radius 1 is 0.911 bits per heavy atom. The van der Waals surface area contributed by atoms with Gasteiger partial charge in [-0.2, -0.15) is 0 Å². The molecule has 0 saturated carbocycles. The predicted octanol–water partition coefficient (Wildman–Crippen LogP) is 8.73. The smallest absolute Gasteiger partial charge is 0.313 e. The maximum absolute atomic E-state index is 11.5. The minimum atomic E-state index is -1.01. The van der Waals surface area contributed by atoms with Crippen LogP contribution in [0.25, 0.3) is 17.7 Å². The van der Waals surface area contributed by atoms with Gasteiger partial charge in [-0.3, -0.25) is 9.59 Å². The number of carboxylic acids is 1. The van der Waals surface area contributed by atoms with Gasteiger partial charge < -0.3 is 16.2 Å². The molecule has 1 unspecified atom stereocenters. The number of hydrogen-bond donors (Lipinski definition) is 3. The zero-order valence-electron chi connectivity index (χ0n) is 25.2. The molecule has 6 nitrogen and oxygen atoms in total. The molecule has 0 radical (unpaired) electrons. The number of amidine groups is 1. The molecule has 0 aliphatic rings. The van der Waals surface area contributed by atoms with Crippen LogP contribution >= 0.6 is 23.4 Å². The molecule has 8 heteroatoms. The summed E-state index contributed by atoms with van der Waals surface area (Å²) in [6.45, 7) is 4.38. The van der Waals surface area contributed by atoms with Gasteiger partial charge in [0.2, 0.25) is 0 Å². The molecule has 0 aliphatic carbocycles. The number of nitrogens with two attached hydrogens (primary N) is 1. The Morgan fingerprint density at radius 2 is 1.51 bits per heavy atom. The second-order valence-corrected chi connectivity index (χ2v) is 12.1. The Hall–Kier alpha value is -4.59. The first kappa shape index (κ1) is 33.3. The van der Waals surface area contributed by atoms with E-state index in [4.69, 9.17) is 22.4 Å². The van der Waals surface area contributed by atoms with Crippen LogP contribution in [-0.4, -0.2) is 28.3 Å². The zero-order chi connectivity index (χ0) is 32.2. The maximum atomic E-state index is 11.5. The largest absolute Gasteiger partial charge is 0.481 e. The first-order valence-electron chi connectivity index (χ1n) is 14.6. The highest BCUT2D eigenvalue weighted by Gasteiger charge is 2.25. The van der Waals surface area contributed by atoms with Crippen molar-refractivity contribution in [2.75, 3.05) is 11.1 Å². The molecule has 0 saturated heterocycles. The quantitative estimate of drug-likeness (QED) is 0.0445. The number of rotatable bonds is 13. The molecule has 230 valence electrons. The predicted molar refractivity (Wildman–Crippen MR) is 189 cm³/mol. The van der Waals surface area contributed by atoms with E-state index in [9.17, 15) is 9.59 Å². The highest BCUT2D eigenvalue weighted by Crippen LogP contribution is 2.33. The van der Waals surface area contributed by atoms with E-state index in [2.05, 4.69) is 66.6 Å². The fourth-order valence-corrected chi connectivity index (χ4v) is 5.58. The fourth-order valence-electron chi connectivity index (χ4n) is 5.01. The molecule has 0 bridgehead atoms. The summed E-state index contributed by atoms with van der Waals surface area (Å²) >= 11 is 7.03. The molecule has 45 heavy (non-hydrogen) atoms. The average molecular weight is 638 g/mol. The van der Waals surface area contributed by atoms with E-state index in [1.807, 2.05) is 66.7 Å². The lowest BCUT2D eigenvalue weighted by Gasteiger charge is -2.33. The van der Waals surface area contributed by atoms with Crippen LogP contribution < -0.4 is 11.1 Å². The summed E-state index contributed by atoms with van der Waals surface area (Å²) in [7, 11) is 0. The summed E-state index contributed by atoms with van der Waals surface area (Å²) in [4.78, 5) is 26.3. The lowest BCUT2D eigenvalue weighted by Crippen LogP contribution is -2.31. The van der Waals surface area contributed by atoms with Crippen LogP contribution in [0.3, 0.4) is 0 Å². The normalized spacial score (nSPS) is 13.6. The molecule has 0 aromatic heterocycles. The van der Waals surface area contributed by atoms with E-state index in [1.165, 1.54) is 5.56 Å². The lowest BCUT2D eigenvalue weighted by atomic mass is 9.86. The van der Waals surface area contributed by atoms with E-state index in [0.29, 0.717) is 11.3 Å². The zero-order valence-corrected chi connectivity index (χ0v) is 26.8. The summed E-state index contributed by atoms with van der Waals surface area (Å²) < 4.78 is 0. The molecule has 0 spiro atoms. The van der Waals surface area contributed by atoms with Gasteiger partial charge in [0.1, 0.15) is 5.70 Å². The molecule has 0 aliphatic heterocycles. The number of aliphatic imine (C=N–C) groups is 1. The fraction of sp³-hybridized carbons (Fsp3) is 0.162. The second kappa shape index (κ2) is 15.9. The maximum Gasteiger partial charge on any atom is 0.313 e. The standard InChI is InChI=1S/C37H36ClN3O3S/c1-3-21-37(2,41-32-19-11-26(12-20-32)22-33(24-42)40-36(39)45-25-35(43)44)30-15-9-27(10-16-30)23-34(28-7-5-4-6-8-28)29-13-17-31(38)18-14-29/h4-20,22-24,41H,3,21,25H2,1-2H3,(H2,39,40)(H,43,44)/b33-22-,34-23+. The van der Waals surface area contributed by atoms with E-state index in [0.717, 1.165) is 58.1 Å². The third-order valence-corrected chi connectivity index (χ3v) is 8.23. The van der Waals surface area contributed by atoms with Crippen molar-refractivity contribution < 1.29 is 14.7 Å². The number of hydrogen-bond acceptors (Lipinski definition) is 5. The first-order valence-corrected chi connectivity index (χ1v) is 15.9. The van der Waals surface area contributed by atoms with E-state index >= 15 is 0 Å². The van der Waals surface area contributed by atoms with Crippen molar-refractivity contribution in [1.29, 1.82) is 0 Å². The molecule has 0 fully saturated rings. The average Bonchev–Trinajstić information content (AvgIpc) is 3.04. The highest BCUT2D eigenvalue weighted by molar-refractivity contribution is 8.14. The third kappa shape index (κ3) is 9.70. The van der Waals surface area contributed by atoms with Crippen molar-refractivity contribution in [3.05, 3.63) is 142 Å². The van der Waals surface area contributed by atoms with Crippen LogP contribution in [0.2, 0.25) is 5.02 Å². The van der Waals surface area contributed by atoms with Crippen molar-refractivity contribution in [3.8, 4) is 0 Å². The number of carboxylic acid groups (broad SMARTS) is 1. The number of aldehydes is 1. The van der Waals surface area contributed by atoms with Gasteiger partial charge in [-0.25, -0.2) is 4.99 Å². The van der Waals surface area contributed by atoms with Gasteiger partial charge >= 0.3 is 5.97 Å². The highest BCUT2D eigenvalue weighted by atomic mass is 35.5. The van der Waals surface area contributed by atoms with Crippen LogP contribution in [0.4, 0.5) is 5.69 Å².